The second-order valence-corrected chi connectivity index (χ2v) is 4.17. The number of carbonyl (C=O) groups excluding carboxylic acids is 1. The van der Waals surface area contributed by atoms with Gasteiger partial charge in [0.25, 0.3) is 6.43 Å². The van der Waals surface area contributed by atoms with E-state index < -0.39 is 28.6 Å². The first-order chi connectivity index (χ1) is 5.26. The lowest BCUT2D eigenvalue weighted by molar-refractivity contribution is -0.309. The molecule has 2 unspecified atom stereocenters. The quantitative estimate of drug-likeness (QED) is 0.610. The fraction of sp³-hybridized carbons (Fsp3) is 0.857. The number of carbonyl (C=O) groups is 1. The van der Waals surface area contributed by atoms with E-state index in [1.165, 1.54) is 13.8 Å². The lowest BCUT2D eigenvalue weighted by Crippen LogP contribution is -2.30. The molecule has 0 spiro atoms. The van der Waals surface area contributed by atoms with Gasteiger partial charge in [-0.05, 0) is 0 Å². The maximum Gasteiger partial charge on any atom is 0.258 e. The summed E-state index contributed by atoms with van der Waals surface area (Å²) in [5, 5.41) is 10.4. The molecule has 0 bridgehead atoms. The van der Waals surface area contributed by atoms with Gasteiger partial charge in [0.2, 0.25) is 0 Å². The van der Waals surface area contributed by atoms with E-state index in [1.807, 2.05) is 0 Å². The van der Waals surface area contributed by atoms with Crippen LogP contribution in [0, 0.1) is 11.3 Å². The molecule has 1 aliphatic rings. The zero-order valence-corrected chi connectivity index (χ0v) is 7.36. The number of rotatable bonds is 2. The Hall–Kier alpha value is -0.380. The highest BCUT2D eigenvalue weighted by Crippen LogP contribution is 2.68. The molecule has 0 aromatic carbocycles. The summed E-state index contributed by atoms with van der Waals surface area (Å²) >= 11 is 5.46. The fourth-order valence-corrected chi connectivity index (χ4v) is 2.03. The van der Waals surface area contributed by atoms with Crippen molar-refractivity contribution in [2.45, 2.75) is 25.1 Å². The Morgan fingerprint density at radius 3 is 2.08 bits per heavy atom. The Bertz CT molecular complexity index is 229. The van der Waals surface area contributed by atoms with Gasteiger partial charge in [-0.15, -0.1) is 11.6 Å². The number of hydrogen-bond donors (Lipinski definition) is 0. The first kappa shape index (κ1) is 9.71. The third-order valence-electron chi connectivity index (χ3n) is 2.60. The predicted molar refractivity (Wildman–Crippen MR) is 36.9 cm³/mol. The maximum atomic E-state index is 12.3. The van der Waals surface area contributed by atoms with E-state index in [0.717, 1.165) is 0 Å². The Morgan fingerprint density at radius 1 is 1.58 bits per heavy atom. The van der Waals surface area contributed by atoms with Gasteiger partial charge in [-0.1, -0.05) is 13.8 Å². The highest BCUT2D eigenvalue weighted by Gasteiger charge is 2.76. The van der Waals surface area contributed by atoms with Gasteiger partial charge in [-0.3, -0.25) is 0 Å². The monoisotopic (exact) mass is 197 g/mol. The van der Waals surface area contributed by atoms with Crippen molar-refractivity contribution in [3.63, 3.8) is 0 Å². The molecule has 5 heteroatoms. The van der Waals surface area contributed by atoms with Crippen molar-refractivity contribution in [2.24, 2.45) is 11.3 Å². The molecule has 0 amide bonds. The molecular weight excluding hydrogens is 190 g/mol. The molecule has 0 aromatic heterocycles. The standard InChI is InChI=1S/C7H9ClF2O2/c1-6(2)3(4(11)12)7(6,8)5(9)10/h3,5H,1-2H3,(H,11,12)/p-1. The van der Waals surface area contributed by atoms with Crippen LogP contribution in [0.2, 0.25) is 0 Å². The van der Waals surface area contributed by atoms with Crippen LogP contribution in [0.1, 0.15) is 13.8 Å². The Balaban J connectivity index is 2.92. The molecule has 12 heavy (non-hydrogen) atoms. The van der Waals surface area contributed by atoms with Gasteiger partial charge < -0.3 is 9.90 Å². The lowest BCUT2D eigenvalue weighted by Gasteiger charge is -2.09. The zero-order valence-electron chi connectivity index (χ0n) is 6.61. The zero-order chi connectivity index (χ0) is 9.73. The Morgan fingerprint density at radius 2 is 2.00 bits per heavy atom. The SMILES string of the molecule is CC1(C)C(C(=O)[O-])C1(Cl)C(F)F. The number of alkyl halides is 3. The number of aliphatic carboxylic acids is 1. The normalized spacial score (nSPS) is 38.3. The van der Waals surface area contributed by atoms with Crippen LogP contribution in [-0.4, -0.2) is 17.3 Å². The van der Waals surface area contributed by atoms with E-state index in [4.69, 9.17) is 11.6 Å². The minimum Gasteiger partial charge on any atom is -0.550 e. The summed E-state index contributed by atoms with van der Waals surface area (Å²) < 4.78 is 24.6. The van der Waals surface area contributed by atoms with E-state index in [-0.39, 0.29) is 0 Å². The molecule has 1 aliphatic carbocycles. The maximum absolute atomic E-state index is 12.3. The van der Waals surface area contributed by atoms with Crippen molar-refractivity contribution in [2.75, 3.05) is 0 Å². The van der Waals surface area contributed by atoms with Gasteiger partial charge in [0.15, 0.2) is 0 Å². The topological polar surface area (TPSA) is 40.1 Å². The first-order valence-electron chi connectivity index (χ1n) is 3.44. The van der Waals surface area contributed by atoms with Crippen LogP contribution in [0.5, 0.6) is 0 Å². The molecule has 1 saturated carbocycles. The van der Waals surface area contributed by atoms with Crippen LogP contribution < -0.4 is 5.11 Å². The number of carboxylic acid groups (broad SMARTS) is 1. The number of halogens is 3. The van der Waals surface area contributed by atoms with Crippen LogP contribution in [0.3, 0.4) is 0 Å². The molecular formula is C7H8ClF2O2-. The second-order valence-electron chi connectivity index (χ2n) is 3.54. The summed E-state index contributed by atoms with van der Waals surface area (Å²) in [5.41, 5.74) is -1.08. The molecule has 0 saturated heterocycles. The molecule has 2 nitrogen and oxygen atoms in total. The fourth-order valence-electron chi connectivity index (χ4n) is 1.62. The molecule has 1 rings (SSSR count). The summed E-state index contributed by atoms with van der Waals surface area (Å²) in [6.45, 7) is 2.79. The summed E-state index contributed by atoms with van der Waals surface area (Å²) in [4.78, 5) is 8.43. The van der Waals surface area contributed by atoms with E-state index in [0.29, 0.717) is 0 Å². The van der Waals surface area contributed by atoms with Crippen LogP contribution in [0.15, 0.2) is 0 Å². The van der Waals surface area contributed by atoms with Crippen molar-refractivity contribution in [1.82, 2.24) is 0 Å². The van der Waals surface area contributed by atoms with Crippen LogP contribution in [0.4, 0.5) is 8.78 Å². The van der Waals surface area contributed by atoms with E-state index in [9.17, 15) is 18.7 Å². The number of hydrogen-bond acceptors (Lipinski definition) is 2. The molecule has 0 aliphatic heterocycles. The van der Waals surface area contributed by atoms with E-state index >= 15 is 0 Å². The second kappa shape index (κ2) is 2.31. The minimum absolute atomic E-state index is 1.08. The minimum atomic E-state index is -2.84. The molecule has 1 fully saturated rings. The van der Waals surface area contributed by atoms with Gasteiger partial charge in [0.1, 0.15) is 4.87 Å². The van der Waals surface area contributed by atoms with Crippen molar-refractivity contribution in [1.29, 1.82) is 0 Å². The van der Waals surface area contributed by atoms with Crippen LogP contribution in [-0.2, 0) is 4.79 Å². The van der Waals surface area contributed by atoms with Crippen molar-refractivity contribution in [3.05, 3.63) is 0 Å². The van der Waals surface area contributed by atoms with Crippen molar-refractivity contribution in [3.8, 4) is 0 Å². The first-order valence-corrected chi connectivity index (χ1v) is 3.82. The Kier molecular flexibility index (Phi) is 1.87. The van der Waals surface area contributed by atoms with Crippen molar-refractivity contribution >= 4 is 17.6 Å². The van der Waals surface area contributed by atoms with E-state index in [2.05, 4.69) is 0 Å². The van der Waals surface area contributed by atoms with Gasteiger partial charge >= 0.3 is 0 Å². The molecule has 0 heterocycles. The summed E-state index contributed by atoms with van der Waals surface area (Å²) in [6.07, 6.45) is -2.84. The molecule has 0 N–H and O–H groups in total. The van der Waals surface area contributed by atoms with Crippen molar-refractivity contribution < 1.29 is 18.7 Å². The van der Waals surface area contributed by atoms with Crippen LogP contribution >= 0.6 is 11.6 Å². The third kappa shape index (κ3) is 0.873. The number of carboxylic acids is 1. The summed E-state index contributed by atoms with van der Waals surface area (Å²) in [7, 11) is 0. The molecule has 2 atom stereocenters. The molecule has 0 aromatic rings. The van der Waals surface area contributed by atoms with Gasteiger partial charge in [0.05, 0.1) is 0 Å². The summed E-state index contributed by atoms with van der Waals surface area (Å²) in [5.74, 6) is -2.76. The molecule has 0 radical (unpaired) electrons. The smallest absolute Gasteiger partial charge is 0.258 e. The van der Waals surface area contributed by atoms with Crippen LogP contribution in [0.25, 0.3) is 0 Å². The average Bonchev–Trinajstić information content (AvgIpc) is 2.28. The van der Waals surface area contributed by atoms with Gasteiger partial charge in [-0.2, -0.15) is 0 Å². The lowest BCUT2D eigenvalue weighted by atomic mass is 10.1. The van der Waals surface area contributed by atoms with E-state index in [1.54, 1.807) is 0 Å². The van der Waals surface area contributed by atoms with Gasteiger partial charge in [0, 0.05) is 17.3 Å². The molecule has 70 valence electrons. The van der Waals surface area contributed by atoms with Gasteiger partial charge in [-0.25, -0.2) is 8.78 Å². The highest BCUT2D eigenvalue weighted by atomic mass is 35.5. The average molecular weight is 198 g/mol. The Labute approximate surface area is 73.5 Å². The largest absolute Gasteiger partial charge is 0.550 e. The highest BCUT2D eigenvalue weighted by molar-refractivity contribution is 6.29. The predicted octanol–water partition coefficient (Wildman–Crippen LogP) is 0.635. The third-order valence-corrected chi connectivity index (χ3v) is 3.47. The summed E-state index contributed by atoms with van der Waals surface area (Å²) in [6, 6.07) is 0.